The fourth-order valence-corrected chi connectivity index (χ4v) is 8.56. The highest BCUT2D eigenvalue weighted by Gasteiger charge is 2.40. The number of ether oxygens (including phenoxy) is 2. The number of nitrogens with zero attached hydrogens (tertiary/aromatic N) is 4. The zero-order chi connectivity index (χ0) is 48.5. The van der Waals surface area contributed by atoms with E-state index < -0.39 is 64.9 Å². The van der Waals surface area contributed by atoms with Crippen LogP contribution in [0.5, 0.6) is 5.75 Å². The highest BCUT2D eigenvalue weighted by Crippen LogP contribution is 2.32. The summed E-state index contributed by atoms with van der Waals surface area (Å²) in [5.41, 5.74) is 1.52. The maximum absolute atomic E-state index is 14.9. The van der Waals surface area contributed by atoms with Gasteiger partial charge in [0.1, 0.15) is 22.5 Å². The van der Waals surface area contributed by atoms with Crippen LogP contribution in [0.3, 0.4) is 0 Å². The predicted octanol–water partition coefficient (Wildman–Crippen LogP) is 6.61. The SMILES string of the molecule is CC[C@H](C)[C@H](NC(=O)[C@H]1CCCCN1C)C(=O)N(OCCCOCc1ccc([N+](=O)[O-])cc1)C(C[C@@H](OC(C)=O)c1nc(C(=O)NC(Cc2ccc(O)cc2)C[C@H](C)C(=O)O)cs1)C(C)C. The Kier molecular flexibility index (Phi) is 20.9. The Morgan fingerprint density at radius 1 is 0.985 bits per heavy atom. The maximum atomic E-state index is 14.9. The Labute approximate surface area is 390 Å². The first-order chi connectivity index (χ1) is 31.4. The number of hydrogen-bond acceptors (Lipinski definition) is 14. The molecule has 18 nitrogen and oxygen atoms in total. The third-order valence-electron chi connectivity index (χ3n) is 11.8. The topological polar surface area (TPSA) is 240 Å². The van der Waals surface area contributed by atoms with Gasteiger partial charge in [-0.05, 0) is 92.9 Å². The summed E-state index contributed by atoms with van der Waals surface area (Å²) in [5.74, 6) is -4.20. The number of piperidine rings is 1. The summed E-state index contributed by atoms with van der Waals surface area (Å²) in [5, 5.41) is 39.5. The fraction of sp³-hybridized carbons (Fsp3) is 0.574. The summed E-state index contributed by atoms with van der Waals surface area (Å²) in [6.45, 7) is 11.7. The molecule has 1 fully saturated rings. The number of non-ortho nitro benzene ring substituents is 1. The molecule has 362 valence electrons. The lowest BCUT2D eigenvalue weighted by molar-refractivity contribution is -0.384. The normalized spacial score (nSPS) is 16.9. The number of esters is 1. The molecule has 1 saturated heterocycles. The van der Waals surface area contributed by atoms with Gasteiger partial charge in [0, 0.05) is 43.5 Å². The number of carboxylic acids is 1. The molecule has 3 aromatic rings. The van der Waals surface area contributed by atoms with E-state index in [0.29, 0.717) is 19.3 Å². The number of hydroxylamine groups is 2. The van der Waals surface area contributed by atoms with E-state index in [0.717, 1.165) is 41.9 Å². The molecule has 3 amide bonds. The van der Waals surface area contributed by atoms with Gasteiger partial charge in [-0.2, -0.15) is 0 Å². The molecule has 0 bridgehead atoms. The summed E-state index contributed by atoms with van der Waals surface area (Å²) in [4.78, 5) is 90.5. The average Bonchev–Trinajstić information content (AvgIpc) is 3.78. The predicted molar refractivity (Wildman–Crippen MR) is 246 cm³/mol. The number of benzene rings is 2. The van der Waals surface area contributed by atoms with Crippen LogP contribution in [0.15, 0.2) is 53.9 Å². The number of carbonyl (C=O) groups excluding carboxylic acids is 4. The summed E-state index contributed by atoms with van der Waals surface area (Å²) in [6, 6.07) is 9.77. The van der Waals surface area contributed by atoms with Gasteiger partial charge in [-0.3, -0.25) is 43.8 Å². The number of carboxylic acid groups (broad SMARTS) is 1. The number of nitro groups is 1. The number of carbonyl (C=O) groups is 5. The average molecular weight is 939 g/mol. The zero-order valence-electron chi connectivity index (χ0n) is 39.0. The molecule has 1 aliphatic heterocycles. The van der Waals surface area contributed by atoms with E-state index in [1.54, 1.807) is 31.2 Å². The van der Waals surface area contributed by atoms with Crippen molar-refractivity contribution in [1.29, 1.82) is 0 Å². The molecule has 2 aromatic carbocycles. The van der Waals surface area contributed by atoms with E-state index >= 15 is 0 Å². The van der Waals surface area contributed by atoms with Crippen LogP contribution >= 0.6 is 11.3 Å². The second-order valence-electron chi connectivity index (χ2n) is 17.4. The van der Waals surface area contributed by atoms with Crippen molar-refractivity contribution in [2.24, 2.45) is 17.8 Å². The number of amides is 3. The summed E-state index contributed by atoms with van der Waals surface area (Å²) >= 11 is 1.09. The van der Waals surface area contributed by atoms with Crippen LogP contribution in [0.25, 0.3) is 0 Å². The van der Waals surface area contributed by atoms with Crippen LogP contribution < -0.4 is 10.6 Å². The van der Waals surface area contributed by atoms with Crippen molar-refractivity contribution in [3.63, 3.8) is 0 Å². The molecule has 0 saturated carbocycles. The van der Waals surface area contributed by atoms with Crippen molar-refractivity contribution in [1.82, 2.24) is 25.6 Å². The molecular weight excluding hydrogens is 873 g/mol. The third-order valence-corrected chi connectivity index (χ3v) is 12.8. The summed E-state index contributed by atoms with van der Waals surface area (Å²) in [7, 11) is 1.90. The van der Waals surface area contributed by atoms with Gasteiger partial charge in [0.25, 0.3) is 17.5 Å². The number of aliphatic carboxylic acids is 1. The molecule has 2 heterocycles. The number of aromatic nitrogens is 1. The third kappa shape index (κ3) is 16.1. The van der Waals surface area contributed by atoms with E-state index in [4.69, 9.17) is 14.3 Å². The van der Waals surface area contributed by atoms with E-state index in [1.807, 2.05) is 39.6 Å². The number of rotatable bonds is 26. The first-order valence-electron chi connectivity index (χ1n) is 22.6. The minimum absolute atomic E-state index is 0.0142. The molecule has 7 atom stereocenters. The minimum Gasteiger partial charge on any atom is -0.508 e. The van der Waals surface area contributed by atoms with Crippen molar-refractivity contribution in [2.45, 2.75) is 130 Å². The molecule has 0 aliphatic carbocycles. The number of likely N-dealkylation sites (tertiary alicyclic amines) is 1. The Bertz CT molecular complexity index is 2070. The van der Waals surface area contributed by atoms with Gasteiger partial charge in [0.2, 0.25) is 5.91 Å². The van der Waals surface area contributed by atoms with Crippen molar-refractivity contribution in [2.75, 3.05) is 26.8 Å². The van der Waals surface area contributed by atoms with Gasteiger partial charge in [0.15, 0.2) is 6.10 Å². The standard InChI is InChI=1S/C47H66N6O12S/c1-8-30(4)42(50-44(57)39-12-9-10-21-51(39)7)46(58)52(64-23-11-22-63-27-34-13-17-36(18-14-34)53(61)62)40(29(2)3)26-41(65-32(6)54)45-49-38(28-66-45)43(56)48-35(24-31(5)47(59)60)25-33-15-19-37(55)20-16-33/h13-20,28-31,35,39-42,55H,8-12,21-27H2,1-7H3,(H,48,56)(H,50,57)(H,59,60)/t30-,31-,35?,39+,40?,41+,42-/m0/s1. The second kappa shape index (κ2) is 26.0. The smallest absolute Gasteiger partial charge is 0.306 e. The molecule has 1 aliphatic rings. The lowest BCUT2D eigenvalue weighted by atomic mass is 9.93. The molecule has 19 heteroatoms. The van der Waals surface area contributed by atoms with Gasteiger partial charge < -0.3 is 30.3 Å². The summed E-state index contributed by atoms with van der Waals surface area (Å²) < 4.78 is 11.7. The number of aromatic hydroxyl groups is 1. The van der Waals surface area contributed by atoms with Gasteiger partial charge >= 0.3 is 11.9 Å². The van der Waals surface area contributed by atoms with E-state index in [9.17, 15) is 44.3 Å². The van der Waals surface area contributed by atoms with E-state index in [-0.39, 0.29) is 79.0 Å². The van der Waals surface area contributed by atoms with Crippen LogP contribution in [0.2, 0.25) is 0 Å². The molecular formula is C47H66N6O12S. The van der Waals surface area contributed by atoms with Crippen molar-refractivity contribution >= 4 is 46.7 Å². The van der Waals surface area contributed by atoms with Crippen LogP contribution in [0.1, 0.15) is 119 Å². The van der Waals surface area contributed by atoms with Crippen molar-refractivity contribution in [3.8, 4) is 5.75 Å². The van der Waals surface area contributed by atoms with Gasteiger partial charge in [-0.15, -0.1) is 11.3 Å². The Morgan fingerprint density at radius 2 is 1.67 bits per heavy atom. The number of thiazole rings is 1. The lowest BCUT2D eigenvalue weighted by Crippen LogP contribution is -2.58. The maximum Gasteiger partial charge on any atom is 0.306 e. The number of likely N-dealkylation sites (N-methyl/N-ethyl adjacent to an activating group) is 1. The van der Waals surface area contributed by atoms with Crippen LogP contribution in [0.4, 0.5) is 5.69 Å². The van der Waals surface area contributed by atoms with E-state index in [1.165, 1.54) is 41.6 Å². The zero-order valence-corrected chi connectivity index (χ0v) is 39.8. The Hall–Kier alpha value is -5.50. The molecule has 0 spiro atoms. The first kappa shape index (κ1) is 53.1. The number of nitrogens with one attached hydrogen (secondary N) is 2. The number of nitro benzene ring substituents is 1. The monoisotopic (exact) mass is 938 g/mol. The number of hydrogen-bond donors (Lipinski definition) is 4. The molecule has 66 heavy (non-hydrogen) atoms. The molecule has 0 radical (unpaired) electrons. The highest BCUT2D eigenvalue weighted by molar-refractivity contribution is 7.09. The largest absolute Gasteiger partial charge is 0.508 e. The molecule has 1 aromatic heterocycles. The minimum atomic E-state index is -1.03. The Balaban J connectivity index is 1.59. The summed E-state index contributed by atoms with van der Waals surface area (Å²) in [6.07, 6.45) is 2.85. The van der Waals surface area contributed by atoms with Gasteiger partial charge in [0.05, 0.1) is 36.1 Å². The highest BCUT2D eigenvalue weighted by atomic mass is 32.1. The lowest BCUT2D eigenvalue weighted by Gasteiger charge is -2.39. The Morgan fingerprint density at radius 3 is 2.27 bits per heavy atom. The molecule has 2 unspecified atom stereocenters. The first-order valence-corrected chi connectivity index (χ1v) is 23.5. The number of phenolic OH excluding ortho intramolecular Hbond substituents is 1. The van der Waals surface area contributed by atoms with Crippen molar-refractivity contribution < 1.29 is 53.4 Å². The van der Waals surface area contributed by atoms with Crippen LogP contribution in [-0.2, 0) is 46.5 Å². The molecule has 4 N–H and O–H groups in total. The van der Waals surface area contributed by atoms with Crippen LogP contribution in [-0.4, -0.2) is 111 Å². The fourth-order valence-electron chi connectivity index (χ4n) is 7.72. The van der Waals surface area contributed by atoms with Gasteiger partial charge in [-0.1, -0.05) is 59.6 Å². The van der Waals surface area contributed by atoms with Crippen LogP contribution in [0, 0.1) is 27.9 Å². The van der Waals surface area contributed by atoms with Crippen molar-refractivity contribution in [3.05, 3.63) is 85.9 Å². The van der Waals surface area contributed by atoms with Gasteiger partial charge in [-0.25, -0.2) is 10.0 Å². The quantitative estimate of drug-likeness (QED) is 0.0287. The van der Waals surface area contributed by atoms with E-state index in [2.05, 4.69) is 15.6 Å². The number of phenols is 1. The molecule has 4 rings (SSSR count). The second-order valence-corrected chi connectivity index (χ2v) is 18.3.